The van der Waals surface area contributed by atoms with Gasteiger partial charge in [0.05, 0.1) is 19.2 Å². The number of ether oxygens (including phenoxy) is 1. The number of hydrogen-bond acceptors (Lipinski definition) is 4. The third-order valence-corrected chi connectivity index (χ3v) is 6.51. The average Bonchev–Trinajstić information content (AvgIpc) is 3.17. The van der Waals surface area contributed by atoms with E-state index in [1.54, 1.807) is 4.90 Å². The Kier molecular flexibility index (Phi) is 3.70. The molecule has 2 unspecified atom stereocenters. The van der Waals surface area contributed by atoms with E-state index < -0.39 is 17.8 Å². The van der Waals surface area contributed by atoms with Crippen molar-refractivity contribution in [3.05, 3.63) is 12.2 Å². The molecule has 0 radical (unpaired) electrons. The molecular weight excluding hydrogens is 344 g/mol. The number of urea groups is 1. The molecule has 0 spiro atoms. The molecule has 4 aliphatic rings. The van der Waals surface area contributed by atoms with Gasteiger partial charge in [-0.15, -0.1) is 0 Å². The van der Waals surface area contributed by atoms with Gasteiger partial charge in [0.2, 0.25) is 0 Å². The van der Waals surface area contributed by atoms with Crippen LogP contribution in [0.5, 0.6) is 0 Å². The lowest BCUT2D eigenvalue weighted by Gasteiger charge is -2.41. The van der Waals surface area contributed by atoms with Gasteiger partial charge in [0.15, 0.2) is 0 Å². The van der Waals surface area contributed by atoms with Gasteiger partial charge in [-0.1, -0.05) is 0 Å². The number of halogens is 2. The maximum atomic E-state index is 13.2. The smallest absolute Gasteiger partial charge is 0.320 e. The molecule has 9 heteroatoms. The van der Waals surface area contributed by atoms with Gasteiger partial charge in [-0.05, 0) is 25.2 Å². The summed E-state index contributed by atoms with van der Waals surface area (Å²) in [6, 6.07) is 0.0496. The van der Waals surface area contributed by atoms with Crippen LogP contribution in [0.2, 0.25) is 0 Å². The first kappa shape index (κ1) is 16.4. The van der Waals surface area contributed by atoms with Crippen molar-refractivity contribution < 1.29 is 18.3 Å². The topological polar surface area (TPSA) is 74.3 Å². The fourth-order valence-corrected chi connectivity index (χ4v) is 4.79. The predicted molar refractivity (Wildman–Crippen MR) is 86.7 cm³/mol. The minimum absolute atomic E-state index is 0.0454. The predicted octanol–water partition coefficient (Wildman–Crippen LogP) is 1.71. The molecule has 4 atom stereocenters. The average molecular weight is 367 g/mol. The third kappa shape index (κ3) is 2.67. The number of alkyl halides is 2. The van der Waals surface area contributed by atoms with Crippen LogP contribution >= 0.6 is 0 Å². The summed E-state index contributed by atoms with van der Waals surface area (Å²) in [6.45, 7) is 3.13. The van der Waals surface area contributed by atoms with Gasteiger partial charge in [0.25, 0.3) is 5.92 Å². The number of amides is 2. The number of aromatic amines is 1. The molecule has 26 heavy (non-hydrogen) atoms. The third-order valence-electron chi connectivity index (χ3n) is 6.51. The Hall–Kier alpha value is -1.77. The van der Waals surface area contributed by atoms with Crippen molar-refractivity contribution in [1.82, 2.24) is 25.0 Å². The summed E-state index contributed by atoms with van der Waals surface area (Å²) >= 11 is 0. The van der Waals surface area contributed by atoms with E-state index in [9.17, 15) is 13.6 Å². The Labute approximate surface area is 150 Å². The fourth-order valence-electron chi connectivity index (χ4n) is 4.79. The van der Waals surface area contributed by atoms with E-state index in [0.717, 1.165) is 18.8 Å². The molecule has 1 aromatic heterocycles. The van der Waals surface area contributed by atoms with E-state index in [1.807, 2.05) is 4.90 Å². The molecule has 7 nitrogen and oxygen atoms in total. The highest BCUT2D eigenvalue weighted by molar-refractivity contribution is 5.75. The number of carbonyl (C=O) groups excluding carboxylic acids is 1. The Morgan fingerprint density at radius 2 is 2.04 bits per heavy atom. The second-order valence-electron chi connectivity index (χ2n) is 8.17. The number of H-pyrrole nitrogens is 1. The Morgan fingerprint density at radius 1 is 1.27 bits per heavy atom. The van der Waals surface area contributed by atoms with Crippen LogP contribution in [0.1, 0.15) is 31.0 Å². The first-order chi connectivity index (χ1) is 12.5. The normalized spacial score (nSPS) is 35.5. The largest absolute Gasteiger partial charge is 0.374 e. The minimum Gasteiger partial charge on any atom is -0.374 e. The van der Waals surface area contributed by atoms with Crippen LogP contribution in [0.4, 0.5) is 13.6 Å². The van der Waals surface area contributed by atoms with Crippen LogP contribution in [0, 0.1) is 17.8 Å². The maximum absolute atomic E-state index is 13.2. The van der Waals surface area contributed by atoms with Gasteiger partial charge in [0.1, 0.15) is 12.2 Å². The first-order valence-corrected chi connectivity index (χ1v) is 9.41. The maximum Gasteiger partial charge on any atom is 0.320 e. The minimum atomic E-state index is -2.41. The van der Waals surface area contributed by atoms with E-state index in [-0.39, 0.29) is 24.0 Å². The van der Waals surface area contributed by atoms with E-state index >= 15 is 0 Å². The fraction of sp³-hybridized carbons (Fsp3) is 0.824. The number of rotatable bonds is 4. The molecule has 0 bridgehead atoms. The molecule has 2 aliphatic heterocycles. The number of carbonyl (C=O) groups is 1. The zero-order valence-electron chi connectivity index (χ0n) is 14.5. The first-order valence-electron chi connectivity index (χ1n) is 9.41. The molecular formula is C17H23F2N5O2. The Bertz CT molecular complexity index is 665. The summed E-state index contributed by atoms with van der Waals surface area (Å²) in [5.41, 5.74) is 0. The number of aromatic nitrogens is 3. The lowest BCUT2D eigenvalue weighted by molar-refractivity contribution is -0.0568. The second kappa shape index (κ2) is 5.87. The number of likely N-dealkylation sites (tertiary alicyclic amines) is 2. The molecule has 2 amide bonds. The zero-order valence-corrected chi connectivity index (χ0v) is 14.5. The molecule has 4 fully saturated rings. The zero-order chi connectivity index (χ0) is 17.9. The van der Waals surface area contributed by atoms with Crippen LogP contribution in [-0.4, -0.2) is 75.8 Å². The highest BCUT2D eigenvalue weighted by Gasteiger charge is 2.71. The van der Waals surface area contributed by atoms with Gasteiger partial charge >= 0.3 is 6.03 Å². The molecule has 142 valence electrons. The molecule has 1 N–H and O–H groups in total. The van der Waals surface area contributed by atoms with Gasteiger partial charge in [-0.2, -0.15) is 5.10 Å². The van der Waals surface area contributed by atoms with E-state index in [1.165, 1.54) is 6.33 Å². The van der Waals surface area contributed by atoms with Crippen LogP contribution in [0.15, 0.2) is 6.33 Å². The lowest BCUT2D eigenvalue weighted by atomic mass is 10.0. The van der Waals surface area contributed by atoms with Crippen LogP contribution < -0.4 is 0 Å². The molecule has 2 aliphatic carbocycles. The van der Waals surface area contributed by atoms with Gasteiger partial charge in [-0.3, -0.25) is 5.10 Å². The van der Waals surface area contributed by atoms with Gasteiger partial charge in [0, 0.05) is 37.5 Å². The van der Waals surface area contributed by atoms with Crippen molar-refractivity contribution >= 4 is 6.03 Å². The van der Waals surface area contributed by atoms with Crippen LogP contribution in [-0.2, 0) is 4.74 Å². The van der Waals surface area contributed by atoms with Crippen LogP contribution in [0.25, 0.3) is 0 Å². The summed E-state index contributed by atoms with van der Waals surface area (Å²) in [5.74, 6) is -1.89. The van der Waals surface area contributed by atoms with Crippen molar-refractivity contribution in [3.63, 3.8) is 0 Å². The summed E-state index contributed by atoms with van der Waals surface area (Å²) in [6.07, 6.45) is 3.60. The highest BCUT2D eigenvalue weighted by atomic mass is 19.3. The van der Waals surface area contributed by atoms with Gasteiger partial charge in [-0.25, -0.2) is 18.6 Å². The molecule has 3 heterocycles. The number of hydrogen-bond donors (Lipinski definition) is 1. The standard InChI is InChI=1S/C17H23F2N5O2/c18-17(19)13-3-10(4-14(13)17)8-26-12-6-24(7-12)16(25)23-2-1-11(5-23)15-20-9-21-22-15/h9-14H,1-8H2,(H,20,21,22)/t10?,11?,13-,14+. The quantitative estimate of drug-likeness (QED) is 0.879. The molecule has 0 aromatic carbocycles. The van der Waals surface area contributed by atoms with E-state index in [2.05, 4.69) is 15.2 Å². The Morgan fingerprint density at radius 3 is 2.73 bits per heavy atom. The summed E-state index contributed by atoms with van der Waals surface area (Å²) in [4.78, 5) is 20.4. The van der Waals surface area contributed by atoms with Crippen molar-refractivity contribution in [2.24, 2.45) is 17.8 Å². The van der Waals surface area contributed by atoms with Crippen molar-refractivity contribution in [2.75, 3.05) is 32.8 Å². The number of fused-ring (bicyclic) bond motifs is 1. The van der Waals surface area contributed by atoms with E-state index in [0.29, 0.717) is 39.1 Å². The molecule has 1 aromatic rings. The van der Waals surface area contributed by atoms with Crippen molar-refractivity contribution in [3.8, 4) is 0 Å². The van der Waals surface area contributed by atoms with Crippen LogP contribution in [0.3, 0.4) is 0 Å². The molecule has 2 saturated carbocycles. The monoisotopic (exact) mass is 367 g/mol. The highest BCUT2D eigenvalue weighted by Crippen LogP contribution is 2.65. The number of nitrogens with one attached hydrogen (secondary N) is 1. The van der Waals surface area contributed by atoms with Crippen molar-refractivity contribution in [2.45, 2.75) is 37.2 Å². The molecule has 5 rings (SSSR count). The molecule has 2 saturated heterocycles. The lowest BCUT2D eigenvalue weighted by Crippen LogP contribution is -2.58. The van der Waals surface area contributed by atoms with Gasteiger partial charge < -0.3 is 14.5 Å². The SMILES string of the molecule is O=C(N1CC(OCC2C[C@@H]3[C@H](C2)C3(F)F)C1)N1CCC(c2ncn[nH]2)C1. The Balaban J connectivity index is 1.02. The summed E-state index contributed by atoms with van der Waals surface area (Å²) in [5, 5.41) is 6.75. The van der Waals surface area contributed by atoms with Crippen molar-refractivity contribution in [1.29, 1.82) is 0 Å². The summed E-state index contributed by atoms with van der Waals surface area (Å²) in [7, 11) is 0. The van der Waals surface area contributed by atoms with E-state index in [4.69, 9.17) is 4.74 Å². The summed E-state index contributed by atoms with van der Waals surface area (Å²) < 4.78 is 32.2. The number of nitrogens with zero attached hydrogens (tertiary/aromatic N) is 4. The second-order valence-corrected chi connectivity index (χ2v) is 8.17.